The molecule has 0 radical (unpaired) electrons. The monoisotopic (exact) mass is 226 g/mol. The molecular weight excluding hydrogens is 208 g/mol. The van der Waals surface area contributed by atoms with Crippen LogP contribution in [0.25, 0.3) is 0 Å². The average molecular weight is 226 g/mol. The number of rotatable bonds is 4. The number of amides is 1. The van der Waals surface area contributed by atoms with Gasteiger partial charge in [0.05, 0.1) is 10.6 Å². The van der Waals surface area contributed by atoms with Crippen LogP contribution in [-0.2, 0) is 0 Å². The van der Waals surface area contributed by atoms with E-state index < -0.39 is 0 Å². The van der Waals surface area contributed by atoms with Gasteiger partial charge >= 0.3 is 0 Å². The van der Waals surface area contributed by atoms with Crippen LogP contribution < -0.4 is 11.1 Å². The molecule has 0 unspecified atom stereocenters. The summed E-state index contributed by atoms with van der Waals surface area (Å²) in [6, 6.07) is 0. The lowest BCUT2D eigenvalue weighted by Crippen LogP contribution is -2.25. The second kappa shape index (κ2) is 5.16. The Labute approximate surface area is 94.7 Å². The molecule has 0 fully saturated rings. The fraction of sp³-hybridized carbons (Fsp3) is 0.545. The molecule has 0 spiro atoms. The minimum atomic E-state index is -0.0423. The number of anilines is 1. The Morgan fingerprint density at radius 3 is 2.80 bits per heavy atom. The summed E-state index contributed by atoms with van der Waals surface area (Å²) in [5.41, 5.74) is 7.53. The number of carbonyl (C=O) groups is 1. The van der Waals surface area contributed by atoms with Crippen molar-refractivity contribution in [3.8, 4) is 0 Å². The van der Waals surface area contributed by atoms with Gasteiger partial charge in [-0.05, 0) is 23.3 Å². The summed E-state index contributed by atoms with van der Waals surface area (Å²) in [5.74, 6) is 0.292. The molecule has 15 heavy (non-hydrogen) atoms. The van der Waals surface area contributed by atoms with Gasteiger partial charge in [0.25, 0.3) is 5.91 Å². The maximum absolute atomic E-state index is 11.8. The lowest BCUT2D eigenvalue weighted by Gasteiger charge is -2.08. The average Bonchev–Trinajstić information content (AvgIpc) is 2.56. The molecule has 1 aromatic heterocycles. The third kappa shape index (κ3) is 2.72. The van der Waals surface area contributed by atoms with E-state index in [1.807, 2.05) is 12.3 Å². The fourth-order valence-electron chi connectivity index (χ4n) is 1.38. The van der Waals surface area contributed by atoms with Crippen molar-refractivity contribution in [2.45, 2.75) is 33.1 Å². The minimum Gasteiger partial charge on any atom is -0.390 e. The zero-order valence-electron chi connectivity index (χ0n) is 9.46. The molecule has 84 valence electrons. The first kappa shape index (κ1) is 12.0. The molecule has 4 heteroatoms. The first-order valence-corrected chi connectivity index (χ1v) is 6.10. The largest absolute Gasteiger partial charge is 0.390 e. The highest BCUT2D eigenvalue weighted by molar-refractivity contribution is 7.14. The third-order valence-electron chi connectivity index (χ3n) is 2.23. The summed E-state index contributed by atoms with van der Waals surface area (Å²) < 4.78 is 0. The standard InChI is InChI=1S/C11H18N2OS/c1-4-5-13-11(14)9-8(7(2)3)6-15-10(9)12/h6-7H,4-5,12H2,1-3H3,(H,13,14). The van der Waals surface area contributed by atoms with Gasteiger partial charge in [-0.1, -0.05) is 20.8 Å². The highest BCUT2D eigenvalue weighted by Gasteiger charge is 2.18. The van der Waals surface area contributed by atoms with E-state index in [1.54, 1.807) is 0 Å². The Morgan fingerprint density at radius 2 is 2.27 bits per heavy atom. The third-order valence-corrected chi connectivity index (χ3v) is 3.06. The van der Waals surface area contributed by atoms with E-state index in [2.05, 4.69) is 19.2 Å². The number of carbonyl (C=O) groups excluding carboxylic acids is 1. The van der Waals surface area contributed by atoms with Crippen LogP contribution in [0.5, 0.6) is 0 Å². The van der Waals surface area contributed by atoms with Crippen molar-refractivity contribution in [2.24, 2.45) is 0 Å². The van der Waals surface area contributed by atoms with Crippen molar-refractivity contribution in [3.05, 3.63) is 16.5 Å². The molecule has 0 bridgehead atoms. The van der Waals surface area contributed by atoms with Gasteiger partial charge in [0.15, 0.2) is 0 Å². The Bertz CT molecular complexity index is 344. The maximum atomic E-state index is 11.8. The van der Waals surface area contributed by atoms with Gasteiger partial charge in [-0.3, -0.25) is 4.79 Å². The summed E-state index contributed by atoms with van der Waals surface area (Å²) in [7, 11) is 0. The maximum Gasteiger partial charge on any atom is 0.254 e. The van der Waals surface area contributed by atoms with E-state index in [4.69, 9.17) is 5.73 Å². The van der Waals surface area contributed by atoms with Gasteiger partial charge in [0, 0.05) is 6.54 Å². The molecule has 1 aromatic rings. The number of hydrogen-bond donors (Lipinski definition) is 2. The van der Waals surface area contributed by atoms with Crippen LogP contribution >= 0.6 is 11.3 Å². The van der Waals surface area contributed by atoms with Crippen molar-refractivity contribution in [1.29, 1.82) is 0 Å². The van der Waals surface area contributed by atoms with Gasteiger partial charge < -0.3 is 11.1 Å². The predicted molar refractivity (Wildman–Crippen MR) is 65.4 cm³/mol. The number of nitrogens with two attached hydrogens (primary N) is 1. The van der Waals surface area contributed by atoms with E-state index in [1.165, 1.54) is 11.3 Å². The molecule has 0 saturated carbocycles. The molecule has 3 N–H and O–H groups in total. The van der Waals surface area contributed by atoms with Crippen LogP contribution in [0.1, 0.15) is 49.0 Å². The number of hydrogen-bond acceptors (Lipinski definition) is 3. The first-order valence-electron chi connectivity index (χ1n) is 5.23. The zero-order chi connectivity index (χ0) is 11.4. The smallest absolute Gasteiger partial charge is 0.254 e. The van der Waals surface area contributed by atoms with Crippen molar-refractivity contribution < 1.29 is 4.79 Å². The molecule has 0 aliphatic heterocycles. The molecule has 3 nitrogen and oxygen atoms in total. The molecule has 0 atom stereocenters. The van der Waals surface area contributed by atoms with Gasteiger partial charge in [-0.25, -0.2) is 0 Å². The highest BCUT2D eigenvalue weighted by atomic mass is 32.1. The molecule has 1 heterocycles. The van der Waals surface area contributed by atoms with Crippen molar-refractivity contribution in [1.82, 2.24) is 5.32 Å². The normalized spacial score (nSPS) is 10.7. The van der Waals surface area contributed by atoms with E-state index in [-0.39, 0.29) is 5.91 Å². The van der Waals surface area contributed by atoms with Crippen LogP contribution in [0, 0.1) is 0 Å². The van der Waals surface area contributed by atoms with E-state index >= 15 is 0 Å². The molecule has 1 rings (SSSR count). The van der Waals surface area contributed by atoms with Crippen LogP contribution in [0.2, 0.25) is 0 Å². The van der Waals surface area contributed by atoms with Crippen LogP contribution in [0.15, 0.2) is 5.38 Å². The van der Waals surface area contributed by atoms with Gasteiger partial charge in [-0.15, -0.1) is 11.3 Å². The summed E-state index contributed by atoms with van der Waals surface area (Å²) in [6.07, 6.45) is 0.937. The Kier molecular flexibility index (Phi) is 4.15. The van der Waals surface area contributed by atoms with Crippen LogP contribution in [0.4, 0.5) is 5.00 Å². The van der Waals surface area contributed by atoms with Gasteiger partial charge in [0.1, 0.15) is 0 Å². The lowest BCUT2D eigenvalue weighted by atomic mass is 10.0. The van der Waals surface area contributed by atoms with Crippen LogP contribution in [0.3, 0.4) is 0 Å². The molecule has 0 aromatic carbocycles. The van der Waals surface area contributed by atoms with Crippen molar-refractivity contribution in [2.75, 3.05) is 12.3 Å². The topological polar surface area (TPSA) is 55.1 Å². The van der Waals surface area contributed by atoms with E-state index in [9.17, 15) is 4.79 Å². The SMILES string of the molecule is CCCNC(=O)c1c(C(C)C)csc1N. The summed E-state index contributed by atoms with van der Waals surface area (Å²) in [6.45, 7) is 6.86. The predicted octanol–water partition coefficient (Wildman–Crippen LogP) is 2.59. The molecule has 0 aliphatic rings. The molecule has 1 amide bonds. The van der Waals surface area contributed by atoms with E-state index in [0.717, 1.165) is 12.0 Å². The fourth-order valence-corrected chi connectivity index (χ4v) is 2.35. The molecular formula is C11H18N2OS. The highest BCUT2D eigenvalue weighted by Crippen LogP contribution is 2.30. The number of nitrogen functional groups attached to an aromatic ring is 1. The number of nitrogens with one attached hydrogen (secondary N) is 1. The summed E-state index contributed by atoms with van der Waals surface area (Å²) >= 11 is 1.44. The van der Waals surface area contributed by atoms with Gasteiger partial charge in [0.2, 0.25) is 0 Å². The van der Waals surface area contributed by atoms with Crippen molar-refractivity contribution >= 4 is 22.2 Å². The Hall–Kier alpha value is -1.03. The Morgan fingerprint density at radius 1 is 1.60 bits per heavy atom. The zero-order valence-corrected chi connectivity index (χ0v) is 10.3. The summed E-state index contributed by atoms with van der Waals surface area (Å²) in [5, 5.41) is 5.45. The van der Waals surface area contributed by atoms with Crippen molar-refractivity contribution in [3.63, 3.8) is 0 Å². The second-order valence-electron chi connectivity index (χ2n) is 3.84. The Balaban J connectivity index is 2.91. The quantitative estimate of drug-likeness (QED) is 0.829. The van der Waals surface area contributed by atoms with Crippen LogP contribution in [-0.4, -0.2) is 12.5 Å². The summed E-state index contributed by atoms with van der Waals surface area (Å²) in [4.78, 5) is 11.8. The minimum absolute atomic E-state index is 0.0423. The number of thiophene rings is 1. The van der Waals surface area contributed by atoms with E-state index in [0.29, 0.717) is 23.0 Å². The second-order valence-corrected chi connectivity index (χ2v) is 4.75. The molecule has 0 saturated heterocycles. The lowest BCUT2D eigenvalue weighted by molar-refractivity contribution is 0.0953. The van der Waals surface area contributed by atoms with Gasteiger partial charge in [-0.2, -0.15) is 0 Å². The molecule has 0 aliphatic carbocycles. The first-order chi connectivity index (χ1) is 7.07.